The van der Waals surface area contributed by atoms with Gasteiger partial charge in [-0.05, 0) is 36.4 Å². The highest BCUT2D eigenvalue weighted by Crippen LogP contribution is 2.68. The summed E-state index contributed by atoms with van der Waals surface area (Å²) < 4.78 is 110. The van der Waals surface area contributed by atoms with E-state index in [1.807, 2.05) is 29.6 Å². The Balaban J connectivity index is 2.34. The van der Waals surface area contributed by atoms with Crippen molar-refractivity contribution in [2.45, 2.75) is 22.2 Å². The lowest BCUT2D eigenvalue weighted by Gasteiger charge is -2.43. The molecule has 0 heterocycles. The predicted octanol–water partition coefficient (Wildman–Crippen LogP) is 8.25. The number of carbonyl (C=O) groups excluding carboxylic acids is 1. The van der Waals surface area contributed by atoms with Crippen molar-refractivity contribution in [3.63, 3.8) is 0 Å². The van der Waals surface area contributed by atoms with Crippen LogP contribution in [0.1, 0.15) is 10.4 Å². The van der Waals surface area contributed by atoms with Gasteiger partial charge in [-0.25, -0.2) is 0 Å². The summed E-state index contributed by atoms with van der Waals surface area (Å²) in [6.45, 7) is 0. The van der Waals surface area contributed by atoms with Crippen molar-refractivity contribution in [2.24, 2.45) is 0 Å². The number of halogens is 9. The molecule has 0 saturated heterocycles. The highest BCUT2D eigenvalue weighted by molar-refractivity contribution is 9.86. The highest BCUT2D eigenvalue weighted by Gasteiger charge is 2.82. The average Bonchev–Trinajstić information content (AvgIpc) is 2.79. The van der Waals surface area contributed by atoms with Crippen molar-refractivity contribution in [3.8, 4) is 0 Å². The van der Waals surface area contributed by atoms with Gasteiger partial charge in [0.15, 0.2) is 0 Å². The molecule has 0 fully saturated rings. The third-order valence-electron chi connectivity index (χ3n) is 4.86. The maximum Gasteiger partial charge on any atom is 0.461 e. The van der Waals surface area contributed by atoms with E-state index in [2.05, 4.69) is 0 Å². The lowest BCUT2D eigenvalue weighted by Crippen LogP contribution is -2.60. The Morgan fingerprint density at radius 3 is 1.69 bits per heavy atom. The standard InChI is InChI=1S/C22H14Br2F7NO2S/c23-35(24,34,22(30,31)20(25,26)21(27,28)29)18-14-8-7-13-17(18)32(16-11-5-2-6-12-16)19(33)15-9-3-1-4-10-15/h1-14H. The van der Waals surface area contributed by atoms with Crippen LogP contribution in [-0.2, 0) is 5.93 Å². The van der Waals surface area contributed by atoms with Crippen LogP contribution in [0.3, 0.4) is 0 Å². The number of anilines is 2. The van der Waals surface area contributed by atoms with Gasteiger partial charge in [0.2, 0.25) is 0 Å². The van der Waals surface area contributed by atoms with E-state index in [1.54, 1.807) is 12.1 Å². The van der Waals surface area contributed by atoms with E-state index in [0.29, 0.717) is 6.07 Å². The molecule has 0 radical (unpaired) electrons. The van der Waals surface area contributed by atoms with Gasteiger partial charge in [-0.3, -0.25) is 13.9 Å². The van der Waals surface area contributed by atoms with E-state index >= 15 is 0 Å². The molecule has 3 aromatic carbocycles. The first-order chi connectivity index (χ1) is 16.0. The number of alkyl halides is 7. The molecule has 0 unspecified atom stereocenters. The molecular formula is C22H14Br2F7NO2S. The van der Waals surface area contributed by atoms with Crippen molar-refractivity contribution >= 4 is 52.8 Å². The minimum absolute atomic E-state index is 0.0335. The number of carbonyl (C=O) groups is 1. The van der Waals surface area contributed by atoms with Gasteiger partial charge in [0, 0.05) is 40.9 Å². The molecule has 13 heteroatoms. The molecule has 0 aliphatic rings. The molecule has 0 aromatic heterocycles. The van der Waals surface area contributed by atoms with E-state index in [4.69, 9.17) is 0 Å². The van der Waals surface area contributed by atoms with Crippen LogP contribution >= 0.6 is 29.6 Å². The normalized spacial score (nSPS) is 14.1. The molecule has 3 rings (SSSR count). The van der Waals surface area contributed by atoms with Gasteiger partial charge in [0.05, 0.1) is 16.5 Å². The number of hydrogen-bond donors (Lipinski definition) is 0. The van der Waals surface area contributed by atoms with Crippen LogP contribution in [0.25, 0.3) is 0 Å². The Kier molecular flexibility index (Phi) is 7.03. The maximum atomic E-state index is 15.0. The summed E-state index contributed by atoms with van der Waals surface area (Å²) in [5, 5.41) is -6.23. The van der Waals surface area contributed by atoms with Gasteiger partial charge in [-0.2, -0.15) is 30.7 Å². The fourth-order valence-corrected chi connectivity index (χ4v) is 7.59. The molecule has 3 nitrogen and oxygen atoms in total. The quantitative estimate of drug-likeness (QED) is 0.199. The second-order valence-corrected chi connectivity index (χ2v) is 19.7. The monoisotopic (exact) mass is 647 g/mol. The maximum absolute atomic E-state index is 15.0. The van der Waals surface area contributed by atoms with Gasteiger partial charge in [0.25, 0.3) is 5.91 Å². The zero-order valence-electron chi connectivity index (χ0n) is 17.2. The van der Waals surface area contributed by atoms with Crippen LogP contribution < -0.4 is 4.90 Å². The van der Waals surface area contributed by atoms with Crippen LogP contribution in [0, 0.1) is 0 Å². The fourth-order valence-electron chi connectivity index (χ4n) is 3.10. The number of rotatable bonds is 6. The summed E-state index contributed by atoms with van der Waals surface area (Å²) in [5.41, 5.74) is -0.537. The largest absolute Gasteiger partial charge is 0.461 e. The molecule has 1 amide bonds. The molecule has 0 spiro atoms. The van der Waals surface area contributed by atoms with E-state index in [1.165, 1.54) is 54.6 Å². The average molecular weight is 649 g/mol. The molecule has 0 saturated carbocycles. The lowest BCUT2D eigenvalue weighted by molar-refractivity contribution is -0.331. The van der Waals surface area contributed by atoms with Gasteiger partial charge in [0.1, 0.15) is 0 Å². The highest BCUT2D eigenvalue weighted by atomic mass is 79.9. The molecule has 0 N–H and O–H groups in total. The first-order valence-electron chi connectivity index (χ1n) is 9.48. The Morgan fingerprint density at radius 1 is 0.714 bits per heavy atom. The van der Waals surface area contributed by atoms with Crippen LogP contribution in [0.5, 0.6) is 0 Å². The summed E-state index contributed by atoms with van der Waals surface area (Å²) in [5.74, 6) is -14.3. The summed E-state index contributed by atoms with van der Waals surface area (Å²) in [7, 11) is 0. The summed E-state index contributed by atoms with van der Waals surface area (Å²) in [6.07, 6.45) is -6.74. The third-order valence-corrected chi connectivity index (χ3v) is 11.6. The summed E-state index contributed by atoms with van der Waals surface area (Å²) in [6, 6.07) is 18.5. The van der Waals surface area contributed by atoms with E-state index in [0.717, 1.165) is 17.0 Å². The number of benzene rings is 3. The number of para-hydroxylation sites is 2. The Morgan fingerprint density at radius 2 is 1.17 bits per heavy atom. The lowest BCUT2D eigenvalue weighted by atomic mass is 10.1. The fraction of sp³-hybridized carbons (Fsp3) is 0.136. The third kappa shape index (κ3) is 4.53. The molecule has 0 aliphatic heterocycles. The first kappa shape index (κ1) is 27.3. The Labute approximate surface area is 209 Å². The molecule has 3 aromatic rings. The van der Waals surface area contributed by atoms with E-state index < -0.39 is 39.8 Å². The number of amides is 1. The molecule has 0 bridgehead atoms. The van der Waals surface area contributed by atoms with Crippen LogP contribution in [0.4, 0.5) is 42.1 Å². The van der Waals surface area contributed by atoms with Gasteiger partial charge in [-0.1, -0.05) is 48.5 Å². The van der Waals surface area contributed by atoms with Crippen molar-refractivity contribution in [1.29, 1.82) is 0 Å². The molecular weight excluding hydrogens is 635 g/mol. The zero-order valence-corrected chi connectivity index (χ0v) is 21.1. The smallest absolute Gasteiger partial charge is 0.276 e. The van der Waals surface area contributed by atoms with Crippen molar-refractivity contribution in [3.05, 3.63) is 90.5 Å². The zero-order chi connectivity index (χ0) is 26.3. The van der Waals surface area contributed by atoms with Crippen LogP contribution in [0.15, 0.2) is 89.8 Å². The minimum Gasteiger partial charge on any atom is -0.276 e. The van der Waals surface area contributed by atoms with Gasteiger partial charge < -0.3 is 0 Å². The second-order valence-electron chi connectivity index (χ2n) is 7.16. The molecule has 0 aliphatic carbocycles. The molecule has 35 heavy (non-hydrogen) atoms. The second kappa shape index (κ2) is 9.00. The van der Waals surface area contributed by atoms with Crippen molar-refractivity contribution < 1.29 is 39.7 Å². The molecule has 188 valence electrons. The molecule has 0 atom stereocenters. The van der Waals surface area contributed by atoms with Gasteiger partial charge >= 0.3 is 17.4 Å². The number of nitrogens with zero attached hydrogens (tertiary/aromatic N) is 1. The minimum atomic E-state index is -6.75. The topological polar surface area (TPSA) is 37.4 Å². The van der Waals surface area contributed by atoms with E-state index in [-0.39, 0.29) is 11.3 Å². The van der Waals surface area contributed by atoms with E-state index in [9.17, 15) is 39.7 Å². The van der Waals surface area contributed by atoms with Gasteiger partial charge in [-0.15, -0.1) is 0 Å². The Hall–Kier alpha value is -2.25. The van der Waals surface area contributed by atoms with Crippen LogP contribution in [0.2, 0.25) is 0 Å². The summed E-state index contributed by atoms with van der Waals surface area (Å²) >= 11 is 4.09. The predicted molar refractivity (Wildman–Crippen MR) is 126 cm³/mol. The number of hydrogen-bond acceptors (Lipinski definition) is 2. The first-order valence-corrected chi connectivity index (χ1v) is 15.1. The van der Waals surface area contributed by atoms with Crippen LogP contribution in [-0.4, -0.2) is 27.5 Å². The SMILES string of the molecule is O=C(c1ccccc1)N(c1ccccc1)c1ccccc1S(=O)(Br)(Br)C(F)(F)C(F)(F)C(F)(F)F. The Bertz CT molecular complexity index is 1300. The van der Waals surface area contributed by atoms with Crippen molar-refractivity contribution in [1.82, 2.24) is 0 Å². The van der Waals surface area contributed by atoms with Crippen molar-refractivity contribution in [2.75, 3.05) is 4.90 Å². The summed E-state index contributed by atoms with van der Waals surface area (Å²) in [4.78, 5) is 13.0.